The molecule has 3 nitrogen and oxygen atoms in total. The highest BCUT2D eigenvalue weighted by Gasteiger charge is 2.21. The number of allylic oxidation sites excluding steroid dienone is 1. The highest BCUT2D eigenvalue weighted by molar-refractivity contribution is 6.19. The van der Waals surface area contributed by atoms with Gasteiger partial charge < -0.3 is 13.7 Å². The molecule has 3 heteroatoms. The van der Waals surface area contributed by atoms with Gasteiger partial charge in [0.05, 0.1) is 27.6 Å². The van der Waals surface area contributed by atoms with Crippen LogP contribution < -0.4 is 0 Å². The maximum atomic E-state index is 2.44. The Hall–Kier alpha value is -7.36. The fraction of sp³-hybridized carbons (Fsp3) is 0.0370. The molecule has 11 aromatic rings. The number of hydrogen-bond donors (Lipinski definition) is 0. The number of aromatic nitrogens is 3. The standard InChI is InChI=1S/C54H37N3/c1-3-13-36(14-4-1)37-23-28-41(29-24-37)56-50-21-11-8-18-44(50)47-35-54-48(34-53(47)56)45-19-9-12-22-51(45)57(54)42-30-25-38(26-31-42)39-27-32-46-43-17-7-10-20-49(43)55(52(46)33-39)40-15-5-2-6-16-40/h1-6,8-16,18-35H,7,17H2. The molecule has 3 aromatic heterocycles. The molecule has 0 fully saturated rings. The summed E-state index contributed by atoms with van der Waals surface area (Å²) < 4.78 is 7.31. The molecular weight excluding hydrogens is 691 g/mol. The number of benzene rings is 8. The van der Waals surface area contributed by atoms with Gasteiger partial charge in [0, 0.05) is 49.7 Å². The van der Waals surface area contributed by atoms with E-state index in [4.69, 9.17) is 0 Å². The zero-order valence-electron chi connectivity index (χ0n) is 31.3. The zero-order chi connectivity index (χ0) is 37.5. The second-order valence-corrected chi connectivity index (χ2v) is 15.3. The van der Waals surface area contributed by atoms with Gasteiger partial charge in [0.1, 0.15) is 0 Å². The molecule has 0 radical (unpaired) electrons. The molecule has 12 rings (SSSR count). The fourth-order valence-electron chi connectivity index (χ4n) is 9.49. The topological polar surface area (TPSA) is 14.8 Å². The Labute approximate surface area is 330 Å². The molecule has 0 N–H and O–H groups in total. The molecular formula is C54H37N3. The monoisotopic (exact) mass is 727 g/mol. The summed E-state index contributed by atoms with van der Waals surface area (Å²) in [5.41, 5.74) is 17.2. The van der Waals surface area contributed by atoms with Crippen molar-refractivity contribution in [1.82, 2.24) is 13.7 Å². The van der Waals surface area contributed by atoms with Gasteiger partial charge in [0.15, 0.2) is 0 Å². The minimum atomic E-state index is 1.07. The third-order valence-corrected chi connectivity index (χ3v) is 12.1. The van der Waals surface area contributed by atoms with E-state index in [2.05, 4.69) is 214 Å². The molecule has 3 heterocycles. The average molecular weight is 728 g/mol. The summed E-state index contributed by atoms with van der Waals surface area (Å²) in [5, 5.41) is 6.34. The molecule has 1 aliphatic rings. The van der Waals surface area contributed by atoms with Crippen molar-refractivity contribution in [1.29, 1.82) is 0 Å². The van der Waals surface area contributed by atoms with E-state index in [0.717, 1.165) is 24.2 Å². The van der Waals surface area contributed by atoms with Crippen LogP contribution in [0.15, 0.2) is 194 Å². The minimum absolute atomic E-state index is 1.07. The van der Waals surface area contributed by atoms with Gasteiger partial charge in [-0.25, -0.2) is 0 Å². The third kappa shape index (κ3) is 4.92. The van der Waals surface area contributed by atoms with Gasteiger partial charge in [-0.15, -0.1) is 0 Å². The number of aryl methyl sites for hydroxylation is 1. The lowest BCUT2D eigenvalue weighted by Crippen LogP contribution is -1.99. The zero-order valence-corrected chi connectivity index (χ0v) is 31.3. The number of nitrogens with zero attached hydrogens (tertiary/aromatic N) is 3. The first-order valence-corrected chi connectivity index (χ1v) is 19.9. The lowest BCUT2D eigenvalue weighted by molar-refractivity contribution is 0.967. The summed E-state index contributed by atoms with van der Waals surface area (Å²) >= 11 is 0. The Morgan fingerprint density at radius 1 is 0.316 bits per heavy atom. The predicted octanol–water partition coefficient (Wildman–Crippen LogP) is 14.1. The van der Waals surface area contributed by atoms with Crippen LogP contribution >= 0.6 is 0 Å². The Bertz CT molecular complexity index is 3360. The maximum absolute atomic E-state index is 2.44. The van der Waals surface area contributed by atoms with Crippen LogP contribution in [0.1, 0.15) is 17.7 Å². The second kappa shape index (κ2) is 12.6. The SMILES string of the molecule is C1=Cc2c(c3ccc(-c4ccc(-n5c6ccccc6c6cc7c(cc65)c5ccccc5n7-c5ccc(-c6ccccc6)cc5)cc4)cc3n2-c2ccccc2)CC1. The quantitative estimate of drug-likeness (QED) is 0.168. The van der Waals surface area contributed by atoms with Crippen molar-refractivity contribution in [3.63, 3.8) is 0 Å². The van der Waals surface area contributed by atoms with E-state index in [1.807, 2.05) is 0 Å². The summed E-state index contributed by atoms with van der Waals surface area (Å²) in [6, 6.07) is 69.0. The van der Waals surface area contributed by atoms with Gasteiger partial charge in [0.25, 0.3) is 0 Å². The van der Waals surface area contributed by atoms with Crippen LogP contribution in [-0.2, 0) is 6.42 Å². The summed E-state index contributed by atoms with van der Waals surface area (Å²) in [7, 11) is 0. The molecule has 0 atom stereocenters. The molecule has 0 unspecified atom stereocenters. The molecule has 0 saturated carbocycles. The number of fused-ring (bicyclic) bond motifs is 9. The largest absolute Gasteiger partial charge is 0.310 e. The lowest BCUT2D eigenvalue weighted by atomic mass is 9.99. The van der Waals surface area contributed by atoms with E-state index in [0.29, 0.717) is 0 Å². The third-order valence-electron chi connectivity index (χ3n) is 12.1. The Balaban J connectivity index is 1.00. The summed E-state index contributed by atoms with van der Waals surface area (Å²) in [6.45, 7) is 0. The van der Waals surface area contributed by atoms with E-state index >= 15 is 0 Å². The first-order valence-electron chi connectivity index (χ1n) is 19.9. The summed E-state index contributed by atoms with van der Waals surface area (Å²) in [5.74, 6) is 0. The smallest absolute Gasteiger partial charge is 0.0548 e. The van der Waals surface area contributed by atoms with Crippen LogP contribution in [0.3, 0.4) is 0 Å². The molecule has 0 aliphatic heterocycles. The molecule has 268 valence electrons. The van der Waals surface area contributed by atoms with E-state index in [1.165, 1.54) is 93.7 Å². The molecule has 0 spiro atoms. The van der Waals surface area contributed by atoms with Crippen LogP contribution in [0.25, 0.3) is 99.9 Å². The molecule has 0 bridgehead atoms. The normalized spacial score (nSPS) is 12.7. The van der Waals surface area contributed by atoms with Gasteiger partial charge in [-0.1, -0.05) is 127 Å². The lowest BCUT2D eigenvalue weighted by Gasteiger charge is -2.12. The highest BCUT2D eigenvalue weighted by Crippen LogP contribution is 2.41. The molecule has 8 aromatic carbocycles. The van der Waals surface area contributed by atoms with Crippen molar-refractivity contribution in [3.05, 3.63) is 205 Å². The second-order valence-electron chi connectivity index (χ2n) is 15.3. The van der Waals surface area contributed by atoms with Crippen LogP contribution in [0.5, 0.6) is 0 Å². The highest BCUT2D eigenvalue weighted by atomic mass is 15.0. The van der Waals surface area contributed by atoms with Crippen LogP contribution in [0, 0.1) is 0 Å². The first-order chi connectivity index (χ1) is 28.3. The Morgan fingerprint density at radius 2 is 0.789 bits per heavy atom. The predicted molar refractivity (Wildman–Crippen MR) is 240 cm³/mol. The number of hydrogen-bond acceptors (Lipinski definition) is 0. The Kier molecular flexibility index (Phi) is 7.05. The number of rotatable bonds is 5. The van der Waals surface area contributed by atoms with Crippen LogP contribution in [0.2, 0.25) is 0 Å². The number of para-hydroxylation sites is 3. The van der Waals surface area contributed by atoms with Crippen molar-refractivity contribution in [2.45, 2.75) is 12.8 Å². The van der Waals surface area contributed by atoms with E-state index in [9.17, 15) is 0 Å². The van der Waals surface area contributed by atoms with Crippen molar-refractivity contribution in [2.24, 2.45) is 0 Å². The molecule has 1 aliphatic carbocycles. The van der Waals surface area contributed by atoms with Crippen LogP contribution in [-0.4, -0.2) is 13.7 Å². The molecule has 0 amide bonds. The van der Waals surface area contributed by atoms with Crippen molar-refractivity contribution < 1.29 is 0 Å². The van der Waals surface area contributed by atoms with Crippen molar-refractivity contribution in [2.75, 3.05) is 0 Å². The van der Waals surface area contributed by atoms with Gasteiger partial charge in [-0.05, 0) is 113 Å². The van der Waals surface area contributed by atoms with Gasteiger partial charge >= 0.3 is 0 Å². The van der Waals surface area contributed by atoms with Crippen LogP contribution in [0.4, 0.5) is 0 Å². The Morgan fingerprint density at radius 3 is 1.40 bits per heavy atom. The van der Waals surface area contributed by atoms with Crippen molar-refractivity contribution in [3.8, 4) is 39.3 Å². The maximum Gasteiger partial charge on any atom is 0.0548 e. The van der Waals surface area contributed by atoms with E-state index in [-0.39, 0.29) is 0 Å². The van der Waals surface area contributed by atoms with Gasteiger partial charge in [-0.2, -0.15) is 0 Å². The molecule has 57 heavy (non-hydrogen) atoms. The van der Waals surface area contributed by atoms with Crippen molar-refractivity contribution >= 4 is 60.6 Å². The van der Waals surface area contributed by atoms with Gasteiger partial charge in [0.2, 0.25) is 0 Å². The first kappa shape index (κ1) is 31.9. The fourth-order valence-corrected chi connectivity index (χ4v) is 9.49. The molecule has 0 saturated heterocycles. The minimum Gasteiger partial charge on any atom is -0.310 e. The van der Waals surface area contributed by atoms with E-state index < -0.39 is 0 Å². The summed E-state index contributed by atoms with van der Waals surface area (Å²) in [6.07, 6.45) is 6.77. The van der Waals surface area contributed by atoms with Gasteiger partial charge in [-0.3, -0.25) is 0 Å². The average Bonchev–Trinajstić information content (AvgIpc) is 3.91. The van der Waals surface area contributed by atoms with E-state index in [1.54, 1.807) is 0 Å². The summed E-state index contributed by atoms with van der Waals surface area (Å²) in [4.78, 5) is 0.